The third-order valence-electron chi connectivity index (χ3n) is 7.16. The Morgan fingerprint density at radius 2 is 1.89 bits per heavy atom. The zero-order valence-electron chi connectivity index (χ0n) is 31.9. The van der Waals surface area contributed by atoms with Gasteiger partial charge in [-0.1, -0.05) is 26.7 Å². The third-order valence-corrected chi connectivity index (χ3v) is 7.16. The minimum absolute atomic E-state index is 0.0378. The highest BCUT2D eigenvalue weighted by atomic mass is 16.6. The molecule has 1 saturated carbocycles. The second kappa shape index (κ2) is 10.3. The Labute approximate surface area is 233 Å². The molecule has 0 spiro atoms. The summed E-state index contributed by atoms with van der Waals surface area (Å²) in [5.74, 6) is -4.68. The highest BCUT2D eigenvalue weighted by Gasteiger charge is 2.51. The highest BCUT2D eigenvalue weighted by Crippen LogP contribution is 2.45. The molecule has 1 aliphatic heterocycles. The first kappa shape index (κ1) is 15.3. The van der Waals surface area contributed by atoms with E-state index < -0.39 is 91.7 Å². The second-order valence-electron chi connectivity index (χ2n) is 9.66. The number of Topliss-reactive ketones (excluding diaryl/α,β-unsaturated/α-hetero) is 1. The predicted octanol–water partition coefficient (Wildman–Crippen LogP) is 4.50. The molecule has 8 nitrogen and oxygen atoms in total. The monoisotopic (exact) mass is 514 g/mol. The number of ketones is 1. The van der Waals surface area contributed by atoms with Gasteiger partial charge in [-0.2, -0.15) is 4.98 Å². The molecule has 0 bridgehead atoms. The summed E-state index contributed by atoms with van der Waals surface area (Å²) in [4.78, 5) is 40.1. The van der Waals surface area contributed by atoms with Gasteiger partial charge in [-0.15, -0.1) is 5.10 Å². The lowest BCUT2D eigenvalue weighted by Crippen LogP contribution is -2.52. The molecule has 3 aromatic heterocycles. The van der Waals surface area contributed by atoms with E-state index in [9.17, 15) is 12.3 Å². The molecule has 1 unspecified atom stereocenters. The molecule has 3 aromatic rings. The van der Waals surface area contributed by atoms with Gasteiger partial charge in [-0.05, 0) is 81.8 Å². The number of nitrogens with zero attached hydrogens (tertiary/aromatic N) is 5. The van der Waals surface area contributed by atoms with Crippen LogP contribution in [0.2, 0.25) is 0 Å². The Kier molecular flexibility index (Phi) is 4.26. The van der Waals surface area contributed by atoms with Crippen LogP contribution in [-0.2, 0) is 40.0 Å². The molecule has 2 aliphatic rings. The number of hydrogen-bond donors (Lipinski definition) is 0. The Balaban J connectivity index is 1.53. The van der Waals surface area contributed by atoms with Gasteiger partial charge in [0.1, 0.15) is 11.5 Å². The van der Waals surface area contributed by atoms with Crippen molar-refractivity contribution in [3.05, 3.63) is 52.3 Å². The van der Waals surface area contributed by atoms with Crippen molar-refractivity contribution in [2.24, 2.45) is 11.8 Å². The molecule has 0 aromatic carbocycles. The summed E-state index contributed by atoms with van der Waals surface area (Å²) in [6.45, 7) is -2.21. The Hall–Kier alpha value is -3.16. The maximum absolute atomic E-state index is 13.9. The molecule has 4 heterocycles. The Morgan fingerprint density at radius 3 is 2.54 bits per heavy atom. The number of fused-ring (bicyclic) bond motifs is 1. The van der Waals surface area contributed by atoms with E-state index in [1.807, 2.05) is 13.8 Å². The van der Waals surface area contributed by atoms with Crippen LogP contribution in [0, 0.1) is 25.5 Å². The van der Waals surface area contributed by atoms with Gasteiger partial charge < -0.3 is 4.74 Å². The topological polar surface area (TPSA) is 99.3 Å². The number of carbonyl (C=O) groups is 2. The lowest BCUT2D eigenvalue weighted by atomic mass is 9.73. The SMILES string of the molecule is [2H]c1c(C([2H])([2H])[2H])nc2nc(CC3C(=O)C[C@@](C4CCCC4)(C([2H])([2H])C([2H])([2H])c4cc(CC)nc(CC)c4)OC3=O)nn2c1C([2H])([2H])[2H]. The maximum Gasteiger partial charge on any atom is 0.317 e. The van der Waals surface area contributed by atoms with Crippen LogP contribution in [0.1, 0.15) is 102 Å². The van der Waals surface area contributed by atoms with Gasteiger partial charge in [0.05, 0.1) is 1.37 Å². The summed E-state index contributed by atoms with van der Waals surface area (Å²) in [6, 6.07) is 2.15. The number of hydrogen-bond acceptors (Lipinski definition) is 7. The van der Waals surface area contributed by atoms with Crippen LogP contribution in [-0.4, -0.2) is 41.9 Å². The Bertz CT molecular complexity index is 1710. The van der Waals surface area contributed by atoms with Crippen LogP contribution in [0.4, 0.5) is 0 Å². The average molecular weight is 515 g/mol. The largest absolute Gasteiger partial charge is 0.458 e. The van der Waals surface area contributed by atoms with Crippen molar-refractivity contribution in [2.45, 2.75) is 97.3 Å². The average Bonchev–Trinajstić information content (AvgIpc) is 3.67. The highest BCUT2D eigenvalue weighted by molar-refractivity contribution is 6.01. The smallest absolute Gasteiger partial charge is 0.317 e. The molecule has 0 N–H and O–H groups in total. The van der Waals surface area contributed by atoms with Gasteiger partial charge in [0.2, 0.25) is 0 Å². The van der Waals surface area contributed by atoms with E-state index in [1.165, 1.54) is 12.1 Å². The first-order valence-electron chi connectivity index (χ1n) is 18.2. The summed E-state index contributed by atoms with van der Waals surface area (Å²) in [7, 11) is 0. The van der Waals surface area contributed by atoms with Gasteiger partial charge in [-0.25, -0.2) is 9.50 Å². The van der Waals surface area contributed by atoms with E-state index in [0.717, 1.165) is 0 Å². The maximum atomic E-state index is 13.9. The number of esters is 1. The van der Waals surface area contributed by atoms with Crippen molar-refractivity contribution in [1.82, 2.24) is 24.6 Å². The van der Waals surface area contributed by atoms with Crippen LogP contribution in [0.5, 0.6) is 0 Å². The van der Waals surface area contributed by atoms with Crippen LogP contribution in [0.3, 0.4) is 0 Å². The van der Waals surface area contributed by atoms with E-state index in [2.05, 4.69) is 20.1 Å². The minimum atomic E-state index is -2.99. The molecule has 0 amide bonds. The lowest BCUT2D eigenvalue weighted by Gasteiger charge is -2.43. The molecule has 0 radical (unpaired) electrons. The molecular weight excluding hydrogens is 466 g/mol. The van der Waals surface area contributed by atoms with Crippen LogP contribution in [0.25, 0.3) is 5.78 Å². The first-order valence-corrected chi connectivity index (χ1v) is 12.7. The number of pyridine rings is 1. The number of aryl methyl sites for hydroxylation is 5. The van der Waals surface area contributed by atoms with Crippen molar-refractivity contribution < 1.29 is 29.4 Å². The lowest BCUT2D eigenvalue weighted by molar-refractivity contribution is -0.185. The third kappa shape index (κ3) is 5.15. The van der Waals surface area contributed by atoms with Gasteiger partial charge in [-0.3, -0.25) is 14.6 Å². The Morgan fingerprint density at radius 1 is 1.14 bits per heavy atom. The summed E-state index contributed by atoms with van der Waals surface area (Å²) >= 11 is 0. The molecule has 1 saturated heterocycles. The number of carbonyl (C=O) groups excluding carboxylic acids is 2. The van der Waals surface area contributed by atoms with Gasteiger partial charge in [0, 0.05) is 49.3 Å². The van der Waals surface area contributed by atoms with E-state index in [0.29, 0.717) is 54.4 Å². The molecule has 37 heavy (non-hydrogen) atoms. The van der Waals surface area contributed by atoms with Crippen molar-refractivity contribution >= 4 is 17.5 Å². The molecule has 1 aliphatic carbocycles. The van der Waals surface area contributed by atoms with E-state index in [1.54, 1.807) is 0 Å². The molecule has 8 heteroatoms. The van der Waals surface area contributed by atoms with Crippen LogP contribution in [0.15, 0.2) is 18.2 Å². The van der Waals surface area contributed by atoms with Crippen LogP contribution >= 0.6 is 0 Å². The fraction of sp³-hybridized carbons (Fsp3) is 0.586. The number of aromatic nitrogens is 5. The van der Waals surface area contributed by atoms with Crippen molar-refractivity contribution in [3.8, 4) is 0 Å². The second-order valence-corrected chi connectivity index (χ2v) is 9.66. The van der Waals surface area contributed by atoms with Crippen molar-refractivity contribution in [3.63, 3.8) is 0 Å². The quantitative estimate of drug-likeness (QED) is 0.322. The number of cyclic esters (lactones) is 1. The van der Waals surface area contributed by atoms with E-state index in [-0.39, 0.29) is 11.4 Å². The van der Waals surface area contributed by atoms with Crippen LogP contribution < -0.4 is 0 Å². The summed E-state index contributed by atoms with van der Waals surface area (Å²) in [5, 5.41) is 4.08. The number of rotatable bonds is 8. The standard InChI is InChI=1S/C29H37N5O3/c1-5-22-14-20(15-23(6-2)31-22)11-12-29(21-9-7-8-10-21)17-25(35)24(27(36)37-29)16-26-32-28-30-18(3)13-19(4)34(28)33-26/h13-15,21,24H,5-12,16-17H2,1-4H3/t24?,29-/m1/s1/i3D3,4D3,11D2,12D2,13D. The summed E-state index contributed by atoms with van der Waals surface area (Å²) in [6.07, 6.45) is -3.46. The zero-order valence-corrected chi connectivity index (χ0v) is 20.9. The van der Waals surface area contributed by atoms with Gasteiger partial charge in [0.25, 0.3) is 5.78 Å². The summed E-state index contributed by atoms with van der Waals surface area (Å²) < 4.78 is 98.6. The molecule has 5 rings (SSSR count). The molecule has 2 fully saturated rings. The first-order chi connectivity index (χ1) is 22.2. The van der Waals surface area contributed by atoms with Crippen molar-refractivity contribution in [1.29, 1.82) is 0 Å². The number of ether oxygens (including phenoxy) is 1. The van der Waals surface area contributed by atoms with E-state index >= 15 is 0 Å². The fourth-order valence-corrected chi connectivity index (χ4v) is 5.18. The van der Waals surface area contributed by atoms with E-state index in [4.69, 9.17) is 17.1 Å². The predicted molar refractivity (Wildman–Crippen MR) is 139 cm³/mol. The normalized spacial score (nSPS) is 28.5. The van der Waals surface area contributed by atoms with Crippen molar-refractivity contribution in [2.75, 3.05) is 0 Å². The molecular formula is C29H37N5O3. The zero-order chi connectivity index (χ0) is 35.6. The summed E-state index contributed by atoms with van der Waals surface area (Å²) in [5.41, 5.74) is -2.48. The molecule has 2 atom stereocenters. The fourth-order valence-electron chi connectivity index (χ4n) is 5.18. The minimum Gasteiger partial charge on any atom is -0.458 e. The van der Waals surface area contributed by atoms with Gasteiger partial charge in [0.15, 0.2) is 11.6 Å². The molecule has 196 valence electrons. The van der Waals surface area contributed by atoms with Gasteiger partial charge >= 0.3 is 5.97 Å².